The number of hydrogen-bond acceptors (Lipinski definition) is 5. The Bertz CT molecular complexity index is 881. The molecule has 30 heavy (non-hydrogen) atoms. The lowest BCUT2D eigenvalue weighted by Crippen LogP contribution is -2.12. The number of carbonyl (C=O) groups excluding carboxylic acids is 2. The fraction of sp³-hybridized carbons (Fsp3) is 0.400. The molecular formula is C25H29NO4. The first-order chi connectivity index (χ1) is 14.5. The second kappa shape index (κ2) is 11.9. The molecule has 0 aliphatic carbocycles. The lowest BCUT2D eigenvalue weighted by Gasteiger charge is -2.15. The molecule has 0 saturated heterocycles. The molecule has 5 heteroatoms. The van der Waals surface area contributed by atoms with E-state index in [-0.39, 0.29) is 24.4 Å². The van der Waals surface area contributed by atoms with E-state index < -0.39 is 0 Å². The molecule has 2 rings (SSSR count). The van der Waals surface area contributed by atoms with Crippen LogP contribution in [0.5, 0.6) is 5.75 Å². The summed E-state index contributed by atoms with van der Waals surface area (Å²) < 4.78 is 0. The van der Waals surface area contributed by atoms with E-state index in [1.54, 1.807) is 36.4 Å². The number of carbonyl (C=O) groups is 2. The summed E-state index contributed by atoms with van der Waals surface area (Å²) in [6, 6.07) is 11.9. The molecule has 2 aromatic rings. The van der Waals surface area contributed by atoms with Gasteiger partial charge in [-0.05, 0) is 61.1 Å². The van der Waals surface area contributed by atoms with Crippen LogP contribution in [0.3, 0.4) is 0 Å². The van der Waals surface area contributed by atoms with Crippen molar-refractivity contribution in [1.29, 1.82) is 5.26 Å². The van der Waals surface area contributed by atoms with Gasteiger partial charge in [0.1, 0.15) is 0 Å². The Kier molecular flexibility index (Phi) is 9.24. The Morgan fingerprint density at radius 3 is 1.93 bits per heavy atom. The van der Waals surface area contributed by atoms with E-state index in [1.807, 2.05) is 6.07 Å². The first-order valence-corrected chi connectivity index (χ1v) is 10.6. The summed E-state index contributed by atoms with van der Waals surface area (Å²) in [6.07, 6.45) is 5.49. The molecule has 0 heterocycles. The van der Waals surface area contributed by atoms with Gasteiger partial charge >= 0.3 is 0 Å². The van der Waals surface area contributed by atoms with Gasteiger partial charge in [0.05, 0.1) is 11.6 Å². The van der Waals surface area contributed by atoms with Crippen molar-refractivity contribution in [2.24, 2.45) is 0 Å². The Balaban J connectivity index is 2.24. The summed E-state index contributed by atoms with van der Waals surface area (Å²) in [6.45, 7) is 4.17. The number of Topliss-reactive ketones (excluding diaryl/α,β-unsaturated/α-hetero) is 2. The van der Waals surface area contributed by atoms with Crippen molar-refractivity contribution in [2.45, 2.75) is 65.2 Å². The van der Waals surface area contributed by atoms with E-state index in [1.165, 1.54) is 0 Å². The van der Waals surface area contributed by atoms with Crippen LogP contribution in [-0.2, 0) is 12.8 Å². The largest absolute Gasteiger partial charge is 0.340 e. The predicted octanol–water partition coefficient (Wildman–Crippen LogP) is 5.94. The van der Waals surface area contributed by atoms with Gasteiger partial charge in [0.15, 0.2) is 17.3 Å². The van der Waals surface area contributed by atoms with E-state index in [4.69, 9.17) is 10.5 Å². The van der Waals surface area contributed by atoms with Crippen LogP contribution in [0.4, 0.5) is 0 Å². The predicted molar refractivity (Wildman–Crippen MR) is 116 cm³/mol. The SMILES string of the molecule is CCCCc1cc(OO)cc(CCCC)c1C(=O)CCC(=O)c1ccc(C#N)cc1. The van der Waals surface area contributed by atoms with Crippen molar-refractivity contribution in [3.8, 4) is 11.8 Å². The molecular weight excluding hydrogens is 378 g/mol. The molecule has 0 amide bonds. The molecule has 0 aliphatic rings. The summed E-state index contributed by atoms with van der Waals surface area (Å²) in [5.74, 6) is 0.171. The Morgan fingerprint density at radius 1 is 0.933 bits per heavy atom. The fourth-order valence-electron chi connectivity index (χ4n) is 3.50. The highest BCUT2D eigenvalue weighted by Gasteiger charge is 2.19. The molecule has 0 atom stereocenters. The molecule has 2 aromatic carbocycles. The minimum Gasteiger partial charge on any atom is -0.340 e. The van der Waals surface area contributed by atoms with Gasteiger partial charge in [-0.1, -0.05) is 38.8 Å². The zero-order valence-electron chi connectivity index (χ0n) is 17.7. The van der Waals surface area contributed by atoms with Crippen LogP contribution in [0.1, 0.15) is 89.8 Å². The van der Waals surface area contributed by atoms with Gasteiger partial charge in [-0.25, -0.2) is 5.26 Å². The maximum Gasteiger partial charge on any atom is 0.165 e. The zero-order valence-corrected chi connectivity index (χ0v) is 17.7. The van der Waals surface area contributed by atoms with Crippen molar-refractivity contribution in [1.82, 2.24) is 0 Å². The average Bonchev–Trinajstić information content (AvgIpc) is 2.79. The normalized spacial score (nSPS) is 10.5. The zero-order chi connectivity index (χ0) is 21.9. The summed E-state index contributed by atoms with van der Waals surface area (Å²) in [5, 5.41) is 18.0. The number of hydrogen-bond donors (Lipinski definition) is 1. The summed E-state index contributed by atoms with van der Waals surface area (Å²) in [4.78, 5) is 30.1. The van der Waals surface area contributed by atoms with Crippen molar-refractivity contribution in [3.05, 3.63) is 64.2 Å². The first-order valence-electron chi connectivity index (χ1n) is 10.6. The molecule has 0 aromatic heterocycles. The molecule has 0 radical (unpaired) electrons. The van der Waals surface area contributed by atoms with Crippen molar-refractivity contribution < 1.29 is 19.7 Å². The van der Waals surface area contributed by atoms with Crippen molar-refractivity contribution in [3.63, 3.8) is 0 Å². The van der Waals surface area contributed by atoms with Gasteiger partial charge in [-0.2, -0.15) is 5.26 Å². The van der Waals surface area contributed by atoms with Crippen molar-refractivity contribution >= 4 is 11.6 Å². The second-order valence-electron chi connectivity index (χ2n) is 7.45. The molecule has 0 aliphatic heterocycles. The number of rotatable bonds is 12. The third-order valence-electron chi connectivity index (χ3n) is 5.17. The lowest BCUT2D eigenvalue weighted by molar-refractivity contribution is -0.137. The van der Waals surface area contributed by atoms with Crippen LogP contribution in [-0.4, -0.2) is 16.8 Å². The van der Waals surface area contributed by atoms with Gasteiger partial charge in [0.2, 0.25) is 0 Å². The maximum atomic E-state index is 13.1. The minimum absolute atomic E-state index is 0.0568. The topological polar surface area (TPSA) is 87.4 Å². The van der Waals surface area contributed by atoms with Gasteiger partial charge < -0.3 is 4.89 Å². The number of nitrogens with zero attached hydrogens (tertiary/aromatic N) is 1. The highest BCUT2D eigenvalue weighted by atomic mass is 17.1. The van der Waals surface area contributed by atoms with Crippen LogP contribution < -0.4 is 4.89 Å². The molecule has 0 bridgehead atoms. The summed E-state index contributed by atoms with van der Waals surface area (Å²) >= 11 is 0. The molecule has 5 nitrogen and oxygen atoms in total. The molecule has 1 N–H and O–H groups in total. The second-order valence-corrected chi connectivity index (χ2v) is 7.45. The summed E-state index contributed by atoms with van der Waals surface area (Å²) in [5.41, 5.74) is 3.40. The van der Waals surface area contributed by atoms with Gasteiger partial charge in [0.25, 0.3) is 0 Å². The molecule has 0 unspecified atom stereocenters. The smallest absolute Gasteiger partial charge is 0.165 e. The Morgan fingerprint density at radius 2 is 1.47 bits per heavy atom. The lowest BCUT2D eigenvalue weighted by atomic mass is 9.89. The van der Waals surface area contributed by atoms with Gasteiger partial charge in [-0.15, -0.1) is 0 Å². The number of aryl methyl sites for hydroxylation is 2. The molecule has 0 fully saturated rings. The molecule has 0 spiro atoms. The third-order valence-corrected chi connectivity index (χ3v) is 5.17. The number of nitriles is 1. The molecule has 158 valence electrons. The van der Waals surface area contributed by atoms with Gasteiger partial charge in [0, 0.05) is 24.0 Å². The third kappa shape index (κ3) is 6.27. The Hall–Kier alpha value is -2.97. The molecule has 0 saturated carbocycles. The van der Waals surface area contributed by atoms with Crippen LogP contribution in [0.15, 0.2) is 36.4 Å². The number of benzene rings is 2. The standard InChI is InChI=1S/C25H29NO4/c1-3-5-7-20-15-22(30-29)16-21(8-6-4-2)25(20)24(28)14-13-23(27)19-11-9-18(17-26)10-12-19/h9-12,15-16,29H,3-8,13-14H2,1-2H3. The number of unbranched alkanes of at least 4 members (excludes halogenated alkanes) is 2. The van der Waals surface area contributed by atoms with Crippen LogP contribution in [0, 0.1) is 11.3 Å². The fourth-order valence-corrected chi connectivity index (χ4v) is 3.50. The van der Waals surface area contributed by atoms with E-state index in [9.17, 15) is 9.59 Å². The van der Waals surface area contributed by atoms with E-state index in [2.05, 4.69) is 18.7 Å². The number of ketones is 2. The van der Waals surface area contributed by atoms with E-state index in [0.717, 1.165) is 49.7 Å². The van der Waals surface area contributed by atoms with Crippen LogP contribution >= 0.6 is 0 Å². The van der Waals surface area contributed by atoms with E-state index >= 15 is 0 Å². The van der Waals surface area contributed by atoms with Crippen LogP contribution in [0.25, 0.3) is 0 Å². The first kappa shape index (κ1) is 23.3. The van der Waals surface area contributed by atoms with Crippen molar-refractivity contribution in [2.75, 3.05) is 0 Å². The summed E-state index contributed by atoms with van der Waals surface area (Å²) in [7, 11) is 0. The average molecular weight is 408 g/mol. The minimum atomic E-state index is -0.117. The highest BCUT2D eigenvalue weighted by molar-refractivity contribution is 6.03. The van der Waals surface area contributed by atoms with Crippen LogP contribution in [0.2, 0.25) is 0 Å². The van der Waals surface area contributed by atoms with E-state index in [0.29, 0.717) is 22.4 Å². The maximum absolute atomic E-state index is 13.1. The van der Waals surface area contributed by atoms with Gasteiger partial charge in [-0.3, -0.25) is 9.59 Å². The highest BCUT2D eigenvalue weighted by Crippen LogP contribution is 2.27. The Labute approximate surface area is 178 Å². The quantitative estimate of drug-likeness (QED) is 0.267. The monoisotopic (exact) mass is 407 g/mol.